The highest BCUT2D eigenvalue weighted by Gasteiger charge is 2.27. The highest BCUT2D eigenvalue weighted by atomic mass is 19.4. The molecule has 0 saturated heterocycles. The predicted octanol–water partition coefficient (Wildman–Crippen LogP) is 1.10. The lowest BCUT2D eigenvalue weighted by atomic mass is 10.2. The van der Waals surface area contributed by atoms with Crippen LogP contribution in [0.2, 0.25) is 0 Å². The minimum atomic E-state index is -4.43. The Labute approximate surface area is 90.0 Å². The number of alkyl halides is 3. The zero-order valence-electron chi connectivity index (χ0n) is 8.43. The lowest BCUT2D eigenvalue weighted by Gasteiger charge is -2.09. The van der Waals surface area contributed by atoms with E-state index in [1.54, 1.807) is 5.32 Å². The van der Waals surface area contributed by atoms with E-state index in [0.29, 0.717) is 12.8 Å². The Hall–Kier alpha value is -1.47. The summed E-state index contributed by atoms with van der Waals surface area (Å²) in [6.07, 6.45) is -3.67. The van der Waals surface area contributed by atoms with Gasteiger partial charge in [-0.2, -0.15) is 13.2 Å². The molecule has 0 radical (unpaired) electrons. The first-order valence-electron chi connectivity index (χ1n) is 4.61. The number of aliphatic carboxylic acids is 1. The van der Waals surface area contributed by atoms with Crippen molar-refractivity contribution in [1.29, 1.82) is 0 Å². The fourth-order valence-corrected chi connectivity index (χ4v) is 0.846. The molecule has 5 nitrogen and oxygen atoms in total. The SMILES string of the molecule is O=C(O)CCCCNC(=O)NCC(F)(F)F. The zero-order valence-corrected chi connectivity index (χ0v) is 8.43. The van der Waals surface area contributed by atoms with Crippen LogP contribution in [-0.2, 0) is 4.79 Å². The second kappa shape index (κ2) is 6.91. The molecule has 0 aromatic rings. The van der Waals surface area contributed by atoms with E-state index in [0.717, 1.165) is 0 Å². The Morgan fingerprint density at radius 1 is 1.12 bits per heavy atom. The number of amides is 2. The molecule has 0 aromatic carbocycles. The molecule has 16 heavy (non-hydrogen) atoms. The molecule has 94 valence electrons. The molecule has 0 heterocycles. The third-order valence-corrected chi connectivity index (χ3v) is 1.55. The predicted molar refractivity (Wildman–Crippen MR) is 48.9 cm³/mol. The van der Waals surface area contributed by atoms with Gasteiger partial charge in [-0.3, -0.25) is 4.79 Å². The van der Waals surface area contributed by atoms with E-state index in [2.05, 4.69) is 5.32 Å². The maximum Gasteiger partial charge on any atom is 0.405 e. The van der Waals surface area contributed by atoms with Gasteiger partial charge in [-0.05, 0) is 12.8 Å². The molecule has 3 N–H and O–H groups in total. The van der Waals surface area contributed by atoms with Gasteiger partial charge in [-0.15, -0.1) is 0 Å². The lowest BCUT2D eigenvalue weighted by Crippen LogP contribution is -2.41. The van der Waals surface area contributed by atoms with Crippen molar-refractivity contribution in [1.82, 2.24) is 10.6 Å². The maximum absolute atomic E-state index is 11.6. The average Bonchev–Trinajstić information content (AvgIpc) is 2.12. The van der Waals surface area contributed by atoms with Crippen molar-refractivity contribution in [2.75, 3.05) is 13.1 Å². The summed E-state index contributed by atoms with van der Waals surface area (Å²) in [4.78, 5) is 20.8. The first-order valence-corrected chi connectivity index (χ1v) is 4.61. The number of carbonyl (C=O) groups is 2. The van der Waals surface area contributed by atoms with Crippen molar-refractivity contribution >= 4 is 12.0 Å². The van der Waals surface area contributed by atoms with Gasteiger partial charge in [0.1, 0.15) is 6.54 Å². The molecule has 0 atom stereocenters. The van der Waals surface area contributed by atoms with Crippen molar-refractivity contribution in [2.45, 2.75) is 25.4 Å². The summed E-state index contributed by atoms with van der Waals surface area (Å²) in [5.41, 5.74) is 0. The minimum Gasteiger partial charge on any atom is -0.481 e. The molecule has 0 spiro atoms. The Morgan fingerprint density at radius 2 is 1.75 bits per heavy atom. The smallest absolute Gasteiger partial charge is 0.405 e. The second-order valence-corrected chi connectivity index (χ2v) is 3.08. The number of urea groups is 1. The summed E-state index contributed by atoms with van der Waals surface area (Å²) in [6.45, 7) is -1.23. The maximum atomic E-state index is 11.6. The number of hydrogen-bond donors (Lipinski definition) is 3. The van der Waals surface area contributed by atoms with Gasteiger partial charge >= 0.3 is 18.2 Å². The fraction of sp³-hybridized carbons (Fsp3) is 0.750. The summed E-state index contributed by atoms with van der Waals surface area (Å²) < 4.78 is 34.9. The van der Waals surface area contributed by atoms with Gasteiger partial charge in [0, 0.05) is 13.0 Å². The number of halogens is 3. The van der Waals surface area contributed by atoms with Crippen LogP contribution in [0, 0.1) is 0 Å². The second-order valence-electron chi connectivity index (χ2n) is 3.08. The van der Waals surface area contributed by atoms with Gasteiger partial charge in [0.05, 0.1) is 0 Å². The number of carboxylic acid groups (broad SMARTS) is 1. The number of unbranched alkanes of at least 4 members (excludes halogenated alkanes) is 1. The first-order chi connectivity index (χ1) is 7.31. The molecule has 0 bridgehead atoms. The van der Waals surface area contributed by atoms with Gasteiger partial charge in [0.2, 0.25) is 0 Å². The van der Waals surface area contributed by atoms with E-state index in [-0.39, 0.29) is 13.0 Å². The normalized spacial score (nSPS) is 10.9. The number of hydrogen-bond acceptors (Lipinski definition) is 2. The van der Waals surface area contributed by atoms with Crippen LogP contribution in [0.15, 0.2) is 0 Å². The molecular weight excluding hydrogens is 229 g/mol. The van der Waals surface area contributed by atoms with Crippen LogP contribution < -0.4 is 10.6 Å². The third-order valence-electron chi connectivity index (χ3n) is 1.55. The minimum absolute atomic E-state index is 0.0220. The molecule has 0 rings (SSSR count). The Morgan fingerprint density at radius 3 is 2.25 bits per heavy atom. The average molecular weight is 242 g/mol. The van der Waals surface area contributed by atoms with Crippen LogP contribution >= 0.6 is 0 Å². The first kappa shape index (κ1) is 14.5. The molecule has 0 unspecified atom stereocenters. The largest absolute Gasteiger partial charge is 0.481 e. The quantitative estimate of drug-likeness (QED) is 0.610. The van der Waals surface area contributed by atoms with Crippen molar-refractivity contribution in [3.63, 3.8) is 0 Å². The molecule has 0 aliphatic rings. The third kappa shape index (κ3) is 10.6. The number of carboxylic acids is 1. The van der Waals surface area contributed by atoms with Crippen LogP contribution in [-0.4, -0.2) is 36.4 Å². The van der Waals surface area contributed by atoms with Crippen molar-refractivity contribution in [3.8, 4) is 0 Å². The molecule has 0 aliphatic heterocycles. The van der Waals surface area contributed by atoms with Gasteiger partial charge in [0.25, 0.3) is 0 Å². The highest BCUT2D eigenvalue weighted by molar-refractivity contribution is 5.73. The monoisotopic (exact) mass is 242 g/mol. The zero-order chi connectivity index (χ0) is 12.6. The summed E-state index contributed by atoms with van der Waals surface area (Å²) in [5.74, 6) is -0.943. The molecule has 8 heteroatoms. The number of carbonyl (C=O) groups excluding carboxylic acids is 1. The van der Waals surface area contributed by atoms with Crippen molar-refractivity contribution < 1.29 is 27.9 Å². The van der Waals surface area contributed by atoms with E-state index < -0.39 is 24.7 Å². The van der Waals surface area contributed by atoms with Crippen LogP contribution in [0.4, 0.5) is 18.0 Å². The summed E-state index contributed by atoms with van der Waals surface area (Å²) in [6, 6.07) is -0.910. The molecule has 2 amide bonds. The van der Waals surface area contributed by atoms with Crippen molar-refractivity contribution in [3.05, 3.63) is 0 Å². The highest BCUT2D eigenvalue weighted by Crippen LogP contribution is 2.11. The molecule has 0 saturated carbocycles. The number of nitrogens with one attached hydrogen (secondary N) is 2. The van der Waals surface area contributed by atoms with E-state index in [1.807, 2.05) is 0 Å². The topological polar surface area (TPSA) is 78.4 Å². The summed E-state index contributed by atoms with van der Waals surface area (Å²) in [5, 5.41) is 12.1. The van der Waals surface area contributed by atoms with Crippen LogP contribution in [0.5, 0.6) is 0 Å². The molecule has 0 fully saturated rings. The van der Waals surface area contributed by atoms with Gasteiger partial charge in [-0.1, -0.05) is 0 Å². The lowest BCUT2D eigenvalue weighted by molar-refractivity contribution is -0.137. The van der Waals surface area contributed by atoms with Crippen LogP contribution in [0.25, 0.3) is 0 Å². The number of rotatable bonds is 6. The Kier molecular flexibility index (Phi) is 6.28. The van der Waals surface area contributed by atoms with Gasteiger partial charge < -0.3 is 15.7 Å². The van der Waals surface area contributed by atoms with Crippen molar-refractivity contribution in [2.24, 2.45) is 0 Å². The van der Waals surface area contributed by atoms with E-state index in [1.165, 1.54) is 0 Å². The van der Waals surface area contributed by atoms with Crippen LogP contribution in [0.3, 0.4) is 0 Å². The van der Waals surface area contributed by atoms with Crippen LogP contribution in [0.1, 0.15) is 19.3 Å². The van der Waals surface area contributed by atoms with E-state index >= 15 is 0 Å². The van der Waals surface area contributed by atoms with Gasteiger partial charge in [-0.25, -0.2) is 4.79 Å². The van der Waals surface area contributed by atoms with E-state index in [9.17, 15) is 22.8 Å². The van der Waals surface area contributed by atoms with E-state index in [4.69, 9.17) is 5.11 Å². The fourth-order valence-electron chi connectivity index (χ4n) is 0.846. The Bertz CT molecular complexity index is 243. The standard InChI is InChI=1S/C8H13F3N2O3/c9-8(10,11)5-13-7(16)12-4-2-1-3-6(14)15/h1-5H2,(H,14,15)(H2,12,13,16). The summed E-state index contributed by atoms with van der Waals surface area (Å²) in [7, 11) is 0. The molecule has 0 aromatic heterocycles. The molecular formula is C8H13F3N2O3. The summed E-state index contributed by atoms with van der Waals surface area (Å²) >= 11 is 0. The molecule has 0 aliphatic carbocycles. The van der Waals surface area contributed by atoms with Gasteiger partial charge in [0.15, 0.2) is 0 Å². The Balaban J connectivity index is 3.41.